The minimum Gasteiger partial charge on any atom is -0.497 e. The van der Waals surface area contributed by atoms with Crippen LogP contribution >= 0.6 is 0 Å². The molecule has 4 heteroatoms. The number of hydrogen-bond acceptors (Lipinski definition) is 3. The van der Waals surface area contributed by atoms with Gasteiger partial charge in [-0.25, -0.2) is 0 Å². The van der Waals surface area contributed by atoms with Gasteiger partial charge < -0.3 is 10.1 Å². The van der Waals surface area contributed by atoms with E-state index in [-0.39, 0.29) is 17.4 Å². The van der Waals surface area contributed by atoms with Crippen LogP contribution in [-0.4, -0.2) is 24.0 Å². The monoisotopic (exact) mass is 310 g/mol. The number of carbonyl (C=O) groups is 1. The van der Waals surface area contributed by atoms with E-state index in [0.29, 0.717) is 0 Å². The van der Waals surface area contributed by atoms with Gasteiger partial charge >= 0.3 is 0 Å². The summed E-state index contributed by atoms with van der Waals surface area (Å²) in [7, 11) is 1.65. The quantitative estimate of drug-likeness (QED) is 0.892. The van der Waals surface area contributed by atoms with Crippen molar-refractivity contribution in [2.45, 2.75) is 37.6 Å². The Bertz CT molecular complexity index is 681. The van der Waals surface area contributed by atoms with Crippen molar-refractivity contribution >= 4 is 5.91 Å². The molecule has 1 aliphatic rings. The molecule has 1 heterocycles. The molecule has 1 saturated carbocycles. The van der Waals surface area contributed by atoms with Gasteiger partial charge in [-0.05, 0) is 55.5 Å². The van der Waals surface area contributed by atoms with Gasteiger partial charge in [-0.1, -0.05) is 18.2 Å². The van der Waals surface area contributed by atoms with Crippen LogP contribution in [0, 0.1) is 0 Å². The second kappa shape index (κ2) is 6.41. The summed E-state index contributed by atoms with van der Waals surface area (Å²) in [5, 5.41) is 3.16. The molecule has 1 amide bonds. The summed E-state index contributed by atoms with van der Waals surface area (Å²) in [5.74, 6) is 0.909. The molecular weight excluding hydrogens is 288 g/mol. The van der Waals surface area contributed by atoms with Crippen LogP contribution < -0.4 is 10.1 Å². The van der Waals surface area contributed by atoms with Crippen molar-refractivity contribution in [2.75, 3.05) is 7.11 Å². The van der Waals surface area contributed by atoms with E-state index in [1.807, 2.05) is 49.5 Å². The SMILES string of the molecule is COc1cccc(C2(C(=O)NC(C)Cc3cccnc3)CC2)c1. The lowest BCUT2D eigenvalue weighted by Gasteiger charge is -2.20. The largest absolute Gasteiger partial charge is 0.497 e. The van der Waals surface area contributed by atoms with Crippen molar-refractivity contribution in [1.82, 2.24) is 10.3 Å². The van der Waals surface area contributed by atoms with Crippen LogP contribution in [0.15, 0.2) is 48.8 Å². The fourth-order valence-corrected chi connectivity index (χ4v) is 2.98. The molecule has 0 bridgehead atoms. The highest BCUT2D eigenvalue weighted by Crippen LogP contribution is 2.49. The van der Waals surface area contributed by atoms with Crippen LogP contribution in [0.3, 0.4) is 0 Å². The second-order valence-corrected chi connectivity index (χ2v) is 6.25. The molecule has 1 aromatic carbocycles. The molecule has 23 heavy (non-hydrogen) atoms. The van der Waals surface area contributed by atoms with Gasteiger partial charge in [0.25, 0.3) is 0 Å². The van der Waals surface area contributed by atoms with Crippen LogP contribution in [-0.2, 0) is 16.6 Å². The topological polar surface area (TPSA) is 51.2 Å². The normalized spacial score (nSPS) is 16.4. The van der Waals surface area contributed by atoms with E-state index in [1.165, 1.54) is 0 Å². The molecule has 2 aromatic rings. The van der Waals surface area contributed by atoms with E-state index < -0.39 is 0 Å². The van der Waals surface area contributed by atoms with Gasteiger partial charge in [-0.3, -0.25) is 9.78 Å². The molecule has 1 aliphatic carbocycles. The van der Waals surface area contributed by atoms with Gasteiger partial charge in [0.15, 0.2) is 0 Å². The number of aromatic nitrogens is 1. The lowest BCUT2D eigenvalue weighted by Crippen LogP contribution is -2.41. The lowest BCUT2D eigenvalue weighted by molar-refractivity contribution is -0.124. The maximum atomic E-state index is 12.8. The molecule has 1 aromatic heterocycles. The summed E-state index contributed by atoms with van der Waals surface area (Å²) in [4.78, 5) is 16.9. The Morgan fingerprint density at radius 3 is 2.83 bits per heavy atom. The van der Waals surface area contributed by atoms with E-state index in [0.717, 1.165) is 36.1 Å². The fourth-order valence-electron chi connectivity index (χ4n) is 2.98. The van der Waals surface area contributed by atoms with Gasteiger partial charge in [0.05, 0.1) is 12.5 Å². The zero-order valence-corrected chi connectivity index (χ0v) is 13.6. The van der Waals surface area contributed by atoms with Crippen LogP contribution in [0.4, 0.5) is 0 Å². The molecule has 0 aliphatic heterocycles. The first-order valence-electron chi connectivity index (χ1n) is 7.98. The summed E-state index contributed by atoms with van der Waals surface area (Å²) < 4.78 is 5.28. The zero-order valence-electron chi connectivity index (χ0n) is 13.6. The van der Waals surface area contributed by atoms with Gasteiger partial charge in [0.1, 0.15) is 5.75 Å². The van der Waals surface area contributed by atoms with E-state index in [4.69, 9.17) is 4.74 Å². The highest BCUT2D eigenvalue weighted by molar-refractivity contribution is 5.91. The van der Waals surface area contributed by atoms with Crippen LogP contribution in [0.1, 0.15) is 30.9 Å². The number of nitrogens with one attached hydrogen (secondary N) is 1. The Labute approximate surface area is 136 Å². The van der Waals surface area contributed by atoms with Crippen LogP contribution in [0.5, 0.6) is 5.75 Å². The Kier molecular flexibility index (Phi) is 4.33. The number of benzene rings is 1. The summed E-state index contributed by atoms with van der Waals surface area (Å²) in [5.41, 5.74) is 1.80. The predicted molar refractivity (Wildman–Crippen MR) is 89.5 cm³/mol. The molecule has 0 spiro atoms. The number of ether oxygens (including phenoxy) is 1. The van der Waals surface area contributed by atoms with Gasteiger partial charge in [-0.2, -0.15) is 0 Å². The Balaban J connectivity index is 1.67. The van der Waals surface area contributed by atoms with Crippen molar-refractivity contribution < 1.29 is 9.53 Å². The molecule has 3 rings (SSSR count). The predicted octanol–water partition coefficient (Wildman–Crippen LogP) is 2.87. The van der Waals surface area contributed by atoms with Gasteiger partial charge in [0, 0.05) is 18.4 Å². The van der Waals surface area contributed by atoms with Crippen molar-refractivity contribution in [2.24, 2.45) is 0 Å². The molecule has 1 atom stereocenters. The van der Waals surface area contributed by atoms with Crippen molar-refractivity contribution in [3.8, 4) is 5.75 Å². The van der Waals surface area contributed by atoms with Gasteiger partial charge in [-0.15, -0.1) is 0 Å². The minimum atomic E-state index is -0.377. The summed E-state index contributed by atoms with van der Waals surface area (Å²) in [6.07, 6.45) is 6.18. The van der Waals surface area contributed by atoms with E-state index in [1.54, 1.807) is 13.3 Å². The highest BCUT2D eigenvalue weighted by atomic mass is 16.5. The smallest absolute Gasteiger partial charge is 0.230 e. The summed E-state index contributed by atoms with van der Waals surface area (Å²) in [6.45, 7) is 2.03. The van der Waals surface area contributed by atoms with Crippen LogP contribution in [0.2, 0.25) is 0 Å². The van der Waals surface area contributed by atoms with E-state index in [2.05, 4.69) is 10.3 Å². The third-order valence-corrected chi connectivity index (χ3v) is 4.45. The second-order valence-electron chi connectivity index (χ2n) is 6.25. The molecule has 4 nitrogen and oxygen atoms in total. The maximum Gasteiger partial charge on any atom is 0.230 e. The third-order valence-electron chi connectivity index (χ3n) is 4.45. The highest BCUT2D eigenvalue weighted by Gasteiger charge is 2.51. The summed E-state index contributed by atoms with van der Waals surface area (Å²) >= 11 is 0. The number of rotatable bonds is 6. The van der Waals surface area contributed by atoms with E-state index >= 15 is 0 Å². The number of hydrogen-bond donors (Lipinski definition) is 1. The van der Waals surface area contributed by atoms with Crippen molar-refractivity contribution in [3.05, 3.63) is 59.9 Å². The molecule has 0 saturated heterocycles. The first-order chi connectivity index (χ1) is 11.1. The first-order valence-corrected chi connectivity index (χ1v) is 7.98. The minimum absolute atomic E-state index is 0.0785. The Morgan fingerprint density at radius 2 is 2.17 bits per heavy atom. The molecule has 120 valence electrons. The van der Waals surface area contributed by atoms with Crippen molar-refractivity contribution in [1.29, 1.82) is 0 Å². The summed E-state index contributed by atoms with van der Waals surface area (Å²) in [6, 6.07) is 11.9. The van der Waals surface area contributed by atoms with Crippen LogP contribution in [0.25, 0.3) is 0 Å². The first kappa shape index (κ1) is 15.5. The average Bonchev–Trinajstić information content (AvgIpc) is 3.37. The maximum absolute atomic E-state index is 12.8. The number of pyridine rings is 1. The standard InChI is InChI=1S/C19H22N2O2/c1-14(11-15-5-4-10-20-13-15)21-18(22)19(8-9-19)16-6-3-7-17(12-16)23-2/h3-7,10,12-14H,8-9,11H2,1-2H3,(H,21,22). The van der Waals surface area contributed by atoms with E-state index in [9.17, 15) is 4.79 Å². The van der Waals surface area contributed by atoms with Crippen molar-refractivity contribution in [3.63, 3.8) is 0 Å². The molecular formula is C19H22N2O2. The third kappa shape index (κ3) is 3.36. The number of methoxy groups -OCH3 is 1. The van der Waals surface area contributed by atoms with Gasteiger partial charge in [0.2, 0.25) is 5.91 Å². The molecule has 1 unspecified atom stereocenters. The number of carbonyl (C=O) groups excluding carboxylic acids is 1. The fraction of sp³-hybridized carbons (Fsp3) is 0.368. The lowest BCUT2D eigenvalue weighted by atomic mass is 9.94. The molecule has 0 radical (unpaired) electrons. The zero-order chi connectivity index (χ0) is 16.3. The number of amides is 1. The molecule has 1 fully saturated rings. The Hall–Kier alpha value is -2.36. The number of nitrogens with zero attached hydrogens (tertiary/aromatic N) is 1. The molecule has 1 N–H and O–H groups in total. The average molecular weight is 310 g/mol. The Morgan fingerprint density at radius 1 is 1.35 bits per heavy atom.